The fourth-order valence-corrected chi connectivity index (χ4v) is 2.41. The molecule has 2 aromatic rings. The number of hydrogen-bond donors (Lipinski definition) is 4. The monoisotopic (exact) mass is 331 g/mol. The standard InChI is InChI=1S/C10H12ClN5O4.C2H6/c11-7-4-8(15-10(12)14-7)16(2-13-4)9-6(19)5(18)3(1-17)20-9;1-2/h2-3,5-6,9,17-19H,1H2,(H2,12,14,15);1-2H3/t3-,5-,6-,9-;/m1./s1. The van der Waals surface area contributed by atoms with E-state index in [0.29, 0.717) is 5.52 Å². The Morgan fingerprint density at radius 2 is 2.00 bits per heavy atom. The quantitative estimate of drug-likeness (QED) is 0.550. The Kier molecular flexibility index (Phi) is 5.14. The maximum absolute atomic E-state index is 9.99. The SMILES string of the molecule is CC.Nc1nc(Cl)c2ncn([C@@H]3O[C@H](CO)[C@@H](O)[C@H]3O)c2n1. The molecule has 9 nitrogen and oxygen atoms in total. The van der Waals surface area contributed by atoms with Gasteiger partial charge in [0.2, 0.25) is 5.95 Å². The molecule has 3 heterocycles. The number of nitrogen functional groups attached to an aromatic ring is 1. The topological polar surface area (TPSA) is 140 Å². The van der Waals surface area contributed by atoms with Crippen molar-refractivity contribution in [3.05, 3.63) is 11.5 Å². The van der Waals surface area contributed by atoms with Gasteiger partial charge >= 0.3 is 0 Å². The Labute approximate surface area is 131 Å². The van der Waals surface area contributed by atoms with Gasteiger partial charge in [0, 0.05) is 0 Å². The van der Waals surface area contributed by atoms with E-state index < -0.39 is 31.1 Å². The lowest BCUT2D eigenvalue weighted by atomic mass is 10.1. The van der Waals surface area contributed by atoms with Gasteiger partial charge in [0.1, 0.15) is 23.8 Å². The van der Waals surface area contributed by atoms with E-state index in [2.05, 4.69) is 15.0 Å². The zero-order chi connectivity index (χ0) is 16.4. The van der Waals surface area contributed by atoms with E-state index in [1.54, 1.807) is 0 Å². The first-order chi connectivity index (χ1) is 10.5. The van der Waals surface area contributed by atoms with Crippen LogP contribution in [0, 0.1) is 0 Å². The number of aliphatic hydroxyl groups excluding tert-OH is 3. The van der Waals surface area contributed by atoms with Crippen LogP contribution in [0.5, 0.6) is 0 Å². The number of halogens is 1. The first kappa shape index (κ1) is 16.8. The molecule has 1 aliphatic heterocycles. The molecule has 0 saturated carbocycles. The van der Waals surface area contributed by atoms with Gasteiger partial charge in [0.25, 0.3) is 0 Å². The summed E-state index contributed by atoms with van der Waals surface area (Å²) >= 11 is 5.90. The highest BCUT2D eigenvalue weighted by Crippen LogP contribution is 2.32. The van der Waals surface area contributed by atoms with Crippen molar-refractivity contribution in [1.29, 1.82) is 0 Å². The number of hydrogen-bond acceptors (Lipinski definition) is 8. The molecular weight excluding hydrogens is 314 g/mol. The van der Waals surface area contributed by atoms with Crippen LogP contribution in [0.1, 0.15) is 20.1 Å². The molecule has 3 rings (SSSR count). The highest BCUT2D eigenvalue weighted by molar-refractivity contribution is 6.33. The van der Waals surface area contributed by atoms with E-state index >= 15 is 0 Å². The van der Waals surface area contributed by atoms with Crippen LogP contribution in [0.4, 0.5) is 5.95 Å². The molecule has 4 atom stereocenters. The van der Waals surface area contributed by atoms with Crippen molar-refractivity contribution in [3.63, 3.8) is 0 Å². The minimum absolute atomic E-state index is 0.0454. The van der Waals surface area contributed by atoms with Crippen LogP contribution in [0.2, 0.25) is 5.15 Å². The van der Waals surface area contributed by atoms with E-state index in [-0.39, 0.29) is 16.7 Å². The molecule has 22 heavy (non-hydrogen) atoms. The summed E-state index contributed by atoms with van der Waals surface area (Å²) < 4.78 is 6.79. The summed E-state index contributed by atoms with van der Waals surface area (Å²) in [6.45, 7) is 3.58. The number of rotatable bonds is 2. The molecule has 0 spiro atoms. The van der Waals surface area contributed by atoms with Gasteiger partial charge in [-0.3, -0.25) is 4.57 Å². The van der Waals surface area contributed by atoms with Gasteiger partial charge in [0.05, 0.1) is 12.9 Å². The summed E-state index contributed by atoms with van der Waals surface area (Å²) in [5.41, 5.74) is 6.11. The molecule has 2 aromatic heterocycles. The number of nitrogens with two attached hydrogens (primary N) is 1. The number of aromatic nitrogens is 4. The predicted octanol–water partition coefficient (Wildman–Crippen LogP) is -0.300. The first-order valence-electron chi connectivity index (χ1n) is 6.81. The molecule has 1 saturated heterocycles. The van der Waals surface area contributed by atoms with Crippen molar-refractivity contribution in [2.24, 2.45) is 0 Å². The van der Waals surface area contributed by atoms with E-state index in [0.717, 1.165) is 0 Å². The van der Waals surface area contributed by atoms with Gasteiger partial charge in [-0.15, -0.1) is 0 Å². The van der Waals surface area contributed by atoms with Crippen LogP contribution in [-0.2, 0) is 4.74 Å². The predicted molar refractivity (Wildman–Crippen MR) is 79.1 cm³/mol. The first-order valence-corrected chi connectivity index (χ1v) is 7.18. The second-order valence-electron chi connectivity index (χ2n) is 4.43. The van der Waals surface area contributed by atoms with Crippen molar-refractivity contribution in [1.82, 2.24) is 19.5 Å². The van der Waals surface area contributed by atoms with Crippen molar-refractivity contribution in [2.45, 2.75) is 38.4 Å². The van der Waals surface area contributed by atoms with Gasteiger partial charge < -0.3 is 25.8 Å². The summed E-state index contributed by atoms with van der Waals surface area (Å²) in [6, 6.07) is 0. The van der Waals surface area contributed by atoms with E-state index in [9.17, 15) is 10.2 Å². The van der Waals surface area contributed by atoms with Crippen LogP contribution in [-0.4, -0.2) is 59.8 Å². The zero-order valence-electron chi connectivity index (χ0n) is 12.1. The summed E-state index contributed by atoms with van der Waals surface area (Å²) in [5.74, 6) is -0.0454. The molecular formula is C12H18ClN5O4. The summed E-state index contributed by atoms with van der Waals surface area (Å²) in [7, 11) is 0. The van der Waals surface area contributed by atoms with E-state index in [4.69, 9.17) is 27.2 Å². The number of nitrogens with zero attached hydrogens (tertiary/aromatic N) is 4. The second kappa shape index (κ2) is 6.71. The average molecular weight is 332 g/mol. The Morgan fingerprint density at radius 1 is 1.32 bits per heavy atom. The van der Waals surface area contributed by atoms with Gasteiger partial charge in [-0.1, -0.05) is 25.4 Å². The Balaban J connectivity index is 0.000000847. The highest BCUT2D eigenvalue weighted by atomic mass is 35.5. The fraction of sp³-hybridized carbons (Fsp3) is 0.583. The van der Waals surface area contributed by atoms with E-state index in [1.807, 2.05) is 13.8 Å². The number of aliphatic hydroxyl groups is 3. The van der Waals surface area contributed by atoms with Crippen LogP contribution in [0.25, 0.3) is 11.2 Å². The number of ether oxygens (including phenoxy) is 1. The maximum Gasteiger partial charge on any atom is 0.223 e. The molecule has 1 aliphatic rings. The van der Waals surface area contributed by atoms with E-state index in [1.165, 1.54) is 10.9 Å². The van der Waals surface area contributed by atoms with Crippen molar-refractivity contribution in [2.75, 3.05) is 12.3 Å². The molecule has 0 aliphatic carbocycles. The number of fused-ring (bicyclic) bond motifs is 1. The highest BCUT2D eigenvalue weighted by Gasteiger charge is 2.44. The Morgan fingerprint density at radius 3 is 2.59 bits per heavy atom. The Bertz CT molecular complexity index is 652. The van der Waals surface area contributed by atoms with Crippen molar-refractivity contribution < 1.29 is 20.1 Å². The molecule has 0 bridgehead atoms. The van der Waals surface area contributed by atoms with Crippen LogP contribution < -0.4 is 5.73 Å². The zero-order valence-corrected chi connectivity index (χ0v) is 12.8. The van der Waals surface area contributed by atoms with Crippen LogP contribution >= 0.6 is 11.6 Å². The third kappa shape index (κ3) is 2.73. The van der Waals surface area contributed by atoms with Crippen LogP contribution in [0.3, 0.4) is 0 Å². The molecule has 0 amide bonds. The summed E-state index contributed by atoms with van der Waals surface area (Å²) in [6.07, 6.45) is -2.93. The molecule has 0 radical (unpaired) electrons. The van der Waals surface area contributed by atoms with Gasteiger partial charge in [-0.2, -0.15) is 9.97 Å². The lowest BCUT2D eigenvalue weighted by molar-refractivity contribution is -0.0511. The molecule has 122 valence electrons. The third-order valence-corrected chi connectivity index (χ3v) is 3.45. The van der Waals surface area contributed by atoms with Crippen molar-refractivity contribution in [3.8, 4) is 0 Å². The smallest absolute Gasteiger partial charge is 0.223 e. The summed E-state index contributed by atoms with van der Waals surface area (Å²) in [4.78, 5) is 11.8. The molecule has 1 fully saturated rings. The fourth-order valence-electron chi connectivity index (χ4n) is 2.19. The molecule has 10 heteroatoms. The van der Waals surface area contributed by atoms with Gasteiger partial charge in [0.15, 0.2) is 17.0 Å². The lowest BCUT2D eigenvalue weighted by Crippen LogP contribution is -2.33. The van der Waals surface area contributed by atoms with Crippen LogP contribution in [0.15, 0.2) is 6.33 Å². The minimum atomic E-state index is -1.24. The van der Waals surface area contributed by atoms with Gasteiger partial charge in [-0.05, 0) is 0 Å². The molecule has 0 unspecified atom stereocenters. The lowest BCUT2D eigenvalue weighted by Gasteiger charge is -2.16. The second-order valence-corrected chi connectivity index (χ2v) is 4.78. The number of imidazole rings is 1. The third-order valence-electron chi connectivity index (χ3n) is 3.19. The summed E-state index contributed by atoms with van der Waals surface area (Å²) in [5, 5.41) is 28.9. The number of anilines is 1. The Hall–Kier alpha value is -1.52. The molecule has 5 N–H and O–H groups in total. The van der Waals surface area contributed by atoms with Crippen molar-refractivity contribution >= 4 is 28.7 Å². The maximum atomic E-state index is 9.99. The minimum Gasteiger partial charge on any atom is -0.394 e. The largest absolute Gasteiger partial charge is 0.394 e. The van der Waals surface area contributed by atoms with Gasteiger partial charge in [-0.25, -0.2) is 4.98 Å². The normalized spacial score (nSPS) is 27.7. The average Bonchev–Trinajstić information content (AvgIpc) is 3.04. The molecule has 0 aromatic carbocycles.